The lowest BCUT2D eigenvalue weighted by Gasteiger charge is -2.41. The zero-order valence-electron chi connectivity index (χ0n) is 12.7. The van der Waals surface area contributed by atoms with Crippen molar-refractivity contribution in [3.63, 3.8) is 0 Å². The van der Waals surface area contributed by atoms with Crippen LogP contribution in [0.4, 0.5) is 0 Å². The van der Waals surface area contributed by atoms with E-state index in [-0.39, 0.29) is 11.9 Å². The molecule has 3 fully saturated rings. The number of carbonyl (C=O) groups is 1. The third kappa shape index (κ3) is 2.86. The number of amides is 1. The van der Waals surface area contributed by atoms with Crippen LogP contribution in [0.1, 0.15) is 64.7 Å². The van der Waals surface area contributed by atoms with E-state index in [0.29, 0.717) is 24.2 Å². The van der Waals surface area contributed by atoms with Crippen molar-refractivity contribution in [1.82, 2.24) is 10.2 Å². The highest BCUT2D eigenvalue weighted by molar-refractivity contribution is 5.81. The second-order valence-electron chi connectivity index (χ2n) is 7.08. The lowest BCUT2D eigenvalue weighted by Crippen LogP contribution is -2.56. The Kier molecular flexibility index (Phi) is 4.32. The second kappa shape index (κ2) is 6.02. The van der Waals surface area contributed by atoms with Crippen molar-refractivity contribution in [2.24, 2.45) is 5.73 Å². The topological polar surface area (TPSA) is 58.4 Å². The molecule has 20 heavy (non-hydrogen) atoms. The van der Waals surface area contributed by atoms with Crippen LogP contribution >= 0.6 is 0 Å². The molecule has 2 aliphatic heterocycles. The predicted octanol–water partition coefficient (Wildman–Crippen LogP) is 1.78. The Balaban J connectivity index is 1.58. The molecule has 1 amide bonds. The summed E-state index contributed by atoms with van der Waals surface area (Å²) in [5, 5.41) is 3.28. The molecule has 3 atom stereocenters. The number of nitrogens with two attached hydrogens (primary N) is 1. The molecular weight excluding hydrogens is 250 g/mol. The number of rotatable bonds is 3. The van der Waals surface area contributed by atoms with E-state index in [1.54, 1.807) is 0 Å². The average Bonchev–Trinajstić information content (AvgIpc) is 2.71. The van der Waals surface area contributed by atoms with E-state index < -0.39 is 0 Å². The van der Waals surface area contributed by atoms with Crippen molar-refractivity contribution in [1.29, 1.82) is 0 Å². The fourth-order valence-corrected chi connectivity index (χ4v) is 4.59. The van der Waals surface area contributed by atoms with Crippen molar-refractivity contribution in [3.8, 4) is 0 Å². The number of nitrogens with one attached hydrogen (secondary N) is 1. The molecule has 4 heteroatoms. The Labute approximate surface area is 122 Å². The van der Waals surface area contributed by atoms with Crippen LogP contribution in [0.3, 0.4) is 0 Å². The van der Waals surface area contributed by atoms with Crippen LogP contribution in [0.25, 0.3) is 0 Å². The Hall–Kier alpha value is -0.610. The van der Waals surface area contributed by atoms with Crippen molar-refractivity contribution in [2.45, 2.75) is 94.9 Å². The Morgan fingerprint density at radius 2 is 1.70 bits per heavy atom. The fourth-order valence-electron chi connectivity index (χ4n) is 4.59. The van der Waals surface area contributed by atoms with Gasteiger partial charge in [0, 0.05) is 24.2 Å². The van der Waals surface area contributed by atoms with Crippen molar-refractivity contribution in [2.75, 3.05) is 0 Å². The highest BCUT2D eigenvalue weighted by Gasteiger charge is 2.43. The highest BCUT2D eigenvalue weighted by Crippen LogP contribution is 2.36. The van der Waals surface area contributed by atoms with Crippen molar-refractivity contribution < 1.29 is 4.79 Å². The number of fused-ring (bicyclic) bond motifs is 2. The van der Waals surface area contributed by atoms with Gasteiger partial charge in [0.2, 0.25) is 5.91 Å². The molecule has 2 heterocycles. The van der Waals surface area contributed by atoms with E-state index in [4.69, 9.17) is 5.73 Å². The number of hydrogen-bond acceptors (Lipinski definition) is 3. The van der Waals surface area contributed by atoms with Gasteiger partial charge in [0.25, 0.3) is 0 Å². The van der Waals surface area contributed by atoms with Crippen LogP contribution in [-0.2, 0) is 4.79 Å². The van der Waals surface area contributed by atoms with Crippen LogP contribution in [0.5, 0.6) is 0 Å². The summed E-state index contributed by atoms with van der Waals surface area (Å²) in [6.45, 7) is 2.08. The van der Waals surface area contributed by atoms with Crippen molar-refractivity contribution >= 4 is 5.91 Å². The van der Waals surface area contributed by atoms with Gasteiger partial charge in [-0.05, 0) is 45.4 Å². The third-order valence-corrected chi connectivity index (χ3v) is 5.60. The van der Waals surface area contributed by atoms with E-state index in [9.17, 15) is 4.79 Å². The van der Waals surface area contributed by atoms with E-state index >= 15 is 0 Å². The summed E-state index contributed by atoms with van der Waals surface area (Å²) < 4.78 is 0. The standard InChI is InChI=1S/C16H29N3O/c1-11(16(20)18-13-5-3-2-4-6-13)19-14-7-8-15(19)10-12(17)9-14/h11-15H,2-10,17H2,1H3,(H,18,20). The van der Waals surface area contributed by atoms with Gasteiger partial charge in [0.15, 0.2) is 0 Å². The molecule has 0 aromatic carbocycles. The summed E-state index contributed by atoms with van der Waals surface area (Å²) in [4.78, 5) is 15.0. The average molecular weight is 279 g/mol. The molecule has 3 rings (SSSR count). The highest BCUT2D eigenvalue weighted by atomic mass is 16.2. The Morgan fingerprint density at radius 1 is 1.10 bits per heavy atom. The van der Waals surface area contributed by atoms with Crippen LogP contribution in [0, 0.1) is 0 Å². The summed E-state index contributed by atoms with van der Waals surface area (Å²) >= 11 is 0. The monoisotopic (exact) mass is 279 g/mol. The molecule has 0 aromatic heterocycles. The molecule has 0 aromatic rings. The molecule has 114 valence electrons. The van der Waals surface area contributed by atoms with Gasteiger partial charge >= 0.3 is 0 Å². The summed E-state index contributed by atoms with van der Waals surface area (Å²) in [6, 6.07) is 1.86. The molecule has 4 nitrogen and oxygen atoms in total. The molecule has 1 saturated carbocycles. The Bertz CT molecular complexity index is 340. The number of hydrogen-bond donors (Lipinski definition) is 2. The SMILES string of the molecule is CC(C(=O)NC1CCCCC1)N1C2CCC1CC(N)C2. The zero-order chi connectivity index (χ0) is 14.1. The number of piperidine rings is 1. The van der Waals surface area contributed by atoms with E-state index in [1.807, 2.05) is 0 Å². The molecule has 2 saturated heterocycles. The molecule has 3 N–H and O–H groups in total. The quantitative estimate of drug-likeness (QED) is 0.828. The molecular formula is C16H29N3O. The van der Waals surface area contributed by atoms with Gasteiger partial charge < -0.3 is 11.1 Å². The third-order valence-electron chi connectivity index (χ3n) is 5.60. The molecule has 2 bridgehead atoms. The summed E-state index contributed by atoms with van der Waals surface area (Å²) in [7, 11) is 0. The Morgan fingerprint density at radius 3 is 2.30 bits per heavy atom. The summed E-state index contributed by atoms with van der Waals surface area (Å²) in [5.74, 6) is 0.240. The maximum absolute atomic E-state index is 12.5. The van der Waals surface area contributed by atoms with Crippen LogP contribution in [0.15, 0.2) is 0 Å². The fraction of sp³-hybridized carbons (Fsp3) is 0.938. The smallest absolute Gasteiger partial charge is 0.237 e. The first-order chi connectivity index (χ1) is 9.65. The number of carbonyl (C=O) groups excluding carboxylic acids is 1. The molecule has 0 radical (unpaired) electrons. The minimum atomic E-state index is 0.0157. The summed E-state index contributed by atoms with van der Waals surface area (Å²) in [5.41, 5.74) is 6.12. The van der Waals surface area contributed by atoms with Gasteiger partial charge in [-0.2, -0.15) is 0 Å². The minimum absolute atomic E-state index is 0.0157. The normalized spacial score (nSPS) is 36.8. The molecule has 0 spiro atoms. The molecule has 1 aliphatic carbocycles. The molecule has 3 aliphatic rings. The first-order valence-electron chi connectivity index (χ1n) is 8.48. The number of nitrogens with zero attached hydrogens (tertiary/aromatic N) is 1. The van der Waals surface area contributed by atoms with E-state index in [1.165, 1.54) is 32.1 Å². The van der Waals surface area contributed by atoms with Crippen molar-refractivity contribution in [3.05, 3.63) is 0 Å². The zero-order valence-corrected chi connectivity index (χ0v) is 12.7. The molecule has 3 unspecified atom stereocenters. The van der Waals surface area contributed by atoms with Gasteiger partial charge in [0.1, 0.15) is 0 Å². The van der Waals surface area contributed by atoms with Crippen LogP contribution in [-0.4, -0.2) is 41.0 Å². The maximum Gasteiger partial charge on any atom is 0.237 e. The lowest BCUT2D eigenvalue weighted by atomic mass is 9.94. The van der Waals surface area contributed by atoms with Crippen LogP contribution < -0.4 is 11.1 Å². The van der Waals surface area contributed by atoms with Gasteiger partial charge in [0.05, 0.1) is 6.04 Å². The van der Waals surface area contributed by atoms with E-state index in [0.717, 1.165) is 25.7 Å². The maximum atomic E-state index is 12.5. The first kappa shape index (κ1) is 14.3. The largest absolute Gasteiger partial charge is 0.352 e. The van der Waals surface area contributed by atoms with Gasteiger partial charge in [-0.1, -0.05) is 19.3 Å². The van der Waals surface area contributed by atoms with Gasteiger partial charge in [-0.15, -0.1) is 0 Å². The minimum Gasteiger partial charge on any atom is -0.352 e. The first-order valence-corrected chi connectivity index (χ1v) is 8.48. The van der Waals surface area contributed by atoms with Gasteiger partial charge in [-0.3, -0.25) is 9.69 Å². The predicted molar refractivity (Wildman–Crippen MR) is 80.3 cm³/mol. The van der Waals surface area contributed by atoms with Gasteiger partial charge in [-0.25, -0.2) is 0 Å². The summed E-state index contributed by atoms with van der Waals surface area (Å²) in [6.07, 6.45) is 10.8. The van der Waals surface area contributed by atoms with E-state index in [2.05, 4.69) is 17.1 Å². The van der Waals surface area contributed by atoms with Crippen LogP contribution in [0.2, 0.25) is 0 Å². The lowest BCUT2D eigenvalue weighted by molar-refractivity contribution is -0.128. The second-order valence-corrected chi connectivity index (χ2v) is 7.08.